The highest BCUT2D eigenvalue weighted by Gasteiger charge is 2.42. The molecule has 1 N–H and O–H groups in total. The number of carbonyl (C=O) groups is 1. The lowest BCUT2D eigenvalue weighted by atomic mass is 10.1. The van der Waals surface area contributed by atoms with Crippen molar-refractivity contribution < 1.29 is 36.8 Å². The van der Waals surface area contributed by atoms with E-state index < -0.39 is 41.2 Å². The first-order valence-corrected chi connectivity index (χ1v) is 7.67. The number of hydrogen-bond acceptors (Lipinski definition) is 5. The number of nitro benzene ring substituents is 1. The van der Waals surface area contributed by atoms with E-state index in [0.29, 0.717) is 11.4 Å². The Morgan fingerprint density at radius 1 is 1.21 bits per heavy atom. The summed E-state index contributed by atoms with van der Waals surface area (Å²) in [4.78, 5) is 22.5. The standard InChI is InChI=1S/C17H14F4N2O5/c1-27-13-5-3-2-4-11(13)22-15(24)10-6-7-14(12(8-10)23(25)26)28-9-17(20,21)16(18)19/h2-8,16H,9H2,1H3,(H,22,24). The molecular weight excluding hydrogens is 388 g/mol. The molecular formula is C17H14F4N2O5. The Morgan fingerprint density at radius 3 is 2.50 bits per heavy atom. The molecule has 0 aromatic heterocycles. The van der Waals surface area contributed by atoms with Crippen molar-refractivity contribution in [1.29, 1.82) is 0 Å². The van der Waals surface area contributed by atoms with Crippen molar-refractivity contribution in [3.63, 3.8) is 0 Å². The van der Waals surface area contributed by atoms with Gasteiger partial charge in [0.05, 0.1) is 17.7 Å². The molecule has 0 saturated carbocycles. The van der Waals surface area contributed by atoms with Crippen molar-refractivity contribution >= 4 is 17.3 Å². The largest absolute Gasteiger partial charge is 0.495 e. The number of nitrogens with one attached hydrogen (secondary N) is 1. The second-order valence-electron chi connectivity index (χ2n) is 5.44. The van der Waals surface area contributed by atoms with Gasteiger partial charge in [0.1, 0.15) is 5.75 Å². The van der Waals surface area contributed by atoms with E-state index in [0.717, 1.165) is 18.2 Å². The Morgan fingerprint density at radius 2 is 1.89 bits per heavy atom. The number of anilines is 1. The molecule has 0 heterocycles. The van der Waals surface area contributed by atoms with Crippen LogP contribution in [0.2, 0.25) is 0 Å². The van der Waals surface area contributed by atoms with Crippen LogP contribution in [0.5, 0.6) is 11.5 Å². The van der Waals surface area contributed by atoms with Crippen LogP contribution in [0.4, 0.5) is 28.9 Å². The molecule has 1 amide bonds. The molecule has 28 heavy (non-hydrogen) atoms. The van der Waals surface area contributed by atoms with E-state index in [1.807, 2.05) is 0 Å². The second kappa shape index (κ2) is 8.55. The summed E-state index contributed by atoms with van der Waals surface area (Å²) in [7, 11) is 1.39. The highest BCUT2D eigenvalue weighted by molar-refractivity contribution is 6.05. The minimum atomic E-state index is -4.48. The summed E-state index contributed by atoms with van der Waals surface area (Å²) in [6.45, 7) is -1.75. The van der Waals surface area contributed by atoms with Crippen LogP contribution >= 0.6 is 0 Å². The number of nitrogens with zero attached hydrogens (tertiary/aromatic N) is 1. The fraction of sp³-hybridized carbons (Fsp3) is 0.235. The molecule has 0 aliphatic rings. The lowest BCUT2D eigenvalue weighted by molar-refractivity contribution is -0.386. The molecule has 150 valence electrons. The highest BCUT2D eigenvalue weighted by Crippen LogP contribution is 2.31. The summed E-state index contributed by atoms with van der Waals surface area (Å²) in [6.07, 6.45) is -3.99. The number of benzene rings is 2. The average molecular weight is 402 g/mol. The van der Waals surface area contributed by atoms with E-state index in [1.165, 1.54) is 13.2 Å². The van der Waals surface area contributed by atoms with E-state index in [4.69, 9.17) is 4.74 Å². The van der Waals surface area contributed by atoms with Gasteiger partial charge in [0.15, 0.2) is 12.4 Å². The molecule has 2 rings (SSSR count). The molecule has 0 saturated heterocycles. The first-order chi connectivity index (χ1) is 13.2. The Bertz CT molecular complexity index is 876. The molecule has 0 bridgehead atoms. The Balaban J connectivity index is 2.24. The van der Waals surface area contributed by atoms with E-state index >= 15 is 0 Å². The molecule has 2 aromatic rings. The van der Waals surface area contributed by atoms with Crippen LogP contribution in [0.25, 0.3) is 0 Å². The zero-order chi connectivity index (χ0) is 20.9. The number of para-hydroxylation sites is 2. The van der Waals surface area contributed by atoms with E-state index in [9.17, 15) is 32.5 Å². The van der Waals surface area contributed by atoms with E-state index in [2.05, 4.69) is 10.1 Å². The van der Waals surface area contributed by atoms with Gasteiger partial charge in [-0.25, -0.2) is 8.78 Å². The van der Waals surface area contributed by atoms with Gasteiger partial charge in [-0.1, -0.05) is 12.1 Å². The van der Waals surface area contributed by atoms with Gasteiger partial charge in [-0.15, -0.1) is 0 Å². The summed E-state index contributed by atoms with van der Waals surface area (Å²) in [5, 5.41) is 13.6. The molecule has 7 nitrogen and oxygen atoms in total. The smallest absolute Gasteiger partial charge is 0.340 e. The van der Waals surface area contributed by atoms with Crippen molar-refractivity contribution in [3.8, 4) is 11.5 Å². The number of carbonyl (C=O) groups excluding carboxylic acids is 1. The Kier molecular flexibility index (Phi) is 6.39. The van der Waals surface area contributed by atoms with Gasteiger partial charge in [-0.2, -0.15) is 8.78 Å². The van der Waals surface area contributed by atoms with Gasteiger partial charge >= 0.3 is 18.0 Å². The van der Waals surface area contributed by atoms with E-state index in [1.54, 1.807) is 18.2 Å². The number of methoxy groups -OCH3 is 1. The first kappa shape index (κ1) is 20.9. The molecule has 0 aliphatic carbocycles. The van der Waals surface area contributed by atoms with Crippen LogP contribution in [0.15, 0.2) is 42.5 Å². The Hall–Kier alpha value is -3.37. The molecule has 0 spiro atoms. The summed E-state index contributed by atoms with van der Waals surface area (Å²) in [5.41, 5.74) is -0.696. The van der Waals surface area contributed by atoms with Gasteiger partial charge in [0.2, 0.25) is 0 Å². The lowest BCUT2D eigenvalue weighted by Crippen LogP contribution is -2.33. The zero-order valence-electron chi connectivity index (χ0n) is 14.3. The molecule has 0 aliphatic heterocycles. The van der Waals surface area contributed by atoms with Gasteiger partial charge in [0, 0.05) is 11.6 Å². The number of halogens is 4. The van der Waals surface area contributed by atoms with Crippen LogP contribution < -0.4 is 14.8 Å². The number of rotatable bonds is 8. The van der Waals surface area contributed by atoms with Crippen LogP contribution in [-0.2, 0) is 0 Å². The SMILES string of the molecule is COc1ccccc1NC(=O)c1ccc(OCC(F)(F)C(F)F)c([N+](=O)[O-])c1. The van der Waals surface area contributed by atoms with Crippen LogP contribution in [0.3, 0.4) is 0 Å². The predicted molar refractivity (Wildman–Crippen MR) is 90.5 cm³/mol. The normalized spacial score (nSPS) is 11.2. The molecule has 0 radical (unpaired) electrons. The van der Waals surface area contributed by atoms with Gasteiger partial charge < -0.3 is 14.8 Å². The minimum absolute atomic E-state index is 0.175. The number of hydrogen-bond donors (Lipinski definition) is 1. The lowest BCUT2D eigenvalue weighted by Gasteiger charge is -2.16. The topological polar surface area (TPSA) is 90.7 Å². The average Bonchev–Trinajstić information content (AvgIpc) is 2.66. The molecule has 0 fully saturated rings. The maximum absolute atomic E-state index is 13.0. The number of nitro groups is 1. The van der Waals surface area contributed by atoms with Gasteiger partial charge in [0.25, 0.3) is 5.91 Å². The molecule has 2 aromatic carbocycles. The molecule has 0 unspecified atom stereocenters. The van der Waals surface area contributed by atoms with Crippen molar-refractivity contribution in [2.45, 2.75) is 12.3 Å². The van der Waals surface area contributed by atoms with Crippen molar-refractivity contribution in [3.05, 3.63) is 58.1 Å². The third-order valence-corrected chi connectivity index (χ3v) is 3.51. The number of alkyl halides is 4. The van der Waals surface area contributed by atoms with Crippen molar-refractivity contribution in [2.75, 3.05) is 19.0 Å². The van der Waals surface area contributed by atoms with Gasteiger partial charge in [-0.3, -0.25) is 14.9 Å². The highest BCUT2D eigenvalue weighted by atomic mass is 19.3. The van der Waals surface area contributed by atoms with Gasteiger partial charge in [-0.05, 0) is 24.3 Å². The monoisotopic (exact) mass is 402 g/mol. The second-order valence-corrected chi connectivity index (χ2v) is 5.44. The third-order valence-electron chi connectivity index (χ3n) is 3.51. The molecule has 11 heteroatoms. The Labute approximate surface area is 156 Å². The van der Waals surface area contributed by atoms with Crippen LogP contribution in [0, 0.1) is 10.1 Å². The summed E-state index contributed by atoms with van der Waals surface area (Å²) in [6, 6.07) is 9.17. The quantitative estimate of drug-likeness (QED) is 0.407. The fourth-order valence-corrected chi connectivity index (χ4v) is 2.10. The van der Waals surface area contributed by atoms with Crippen LogP contribution in [-0.4, -0.2) is 36.9 Å². The molecule has 0 atom stereocenters. The number of amides is 1. The van der Waals surface area contributed by atoms with Crippen LogP contribution in [0.1, 0.15) is 10.4 Å². The third kappa shape index (κ3) is 4.87. The maximum Gasteiger partial charge on any atom is 0.340 e. The fourth-order valence-electron chi connectivity index (χ4n) is 2.10. The summed E-state index contributed by atoms with van der Waals surface area (Å²) in [5.74, 6) is -5.54. The first-order valence-electron chi connectivity index (χ1n) is 7.67. The van der Waals surface area contributed by atoms with Crippen molar-refractivity contribution in [2.24, 2.45) is 0 Å². The number of ether oxygens (including phenoxy) is 2. The predicted octanol–water partition coefficient (Wildman–Crippen LogP) is 4.13. The minimum Gasteiger partial charge on any atom is -0.495 e. The summed E-state index contributed by atoms with van der Waals surface area (Å²) < 4.78 is 59.9. The zero-order valence-corrected chi connectivity index (χ0v) is 14.3. The summed E-state index contributed by atoms with van der Waals surface area (Å²) >= 11 is 0. The van der Waals surface area contributed by atoms with Crippen molar-refractivity contribution in [1.82, 2.24) is 0 Å². The van der Waals surface area contributed by atoms with E-state index in [-0.39, 0.29) is 5.56 Å². The maximum atomic E-state index is 13.0.